The Morgan fingerprint density at radius 3 is 2.77 bits per heavy atom. The lowest BCUT2D eigenvalue weighted by atomic mass is 9.73. The number of esters is 3. The van der Waals surface area contributed by atoms with Gasteiger partial charge >= 0.3 is 17.9 Å². The lowest BCUT2D eigenvalue weighted by Crippen LogP contribution is -2.44. The quantitative estimate of drug-likeness (QED) is 0.614. The van der Waals surface area contributed by atoms with E-state index >= 15 is 0 Å². The van der Waals surface area contributed by atoms with Gasteiger partial charge in [0.25, 0.3) is 0 Å². The van der Waals surface area contributed by atoms with Gasteiger partial charge in [-0.05, 0) is 25.0 Å². The zero-order chi connectivity index (χ0) is 15.3. The smallest absolute Gasteiger partial charge is 0.338 e. The Kier molecular flexibility index (Phi) is 2.84. The van der Waals surface area contributed by atoms with E-state index in [4.69, 9.17) is 14.2 Å². The Bertz CT molecular complexity index is 654. The summed E-state index contributed by atoms with van der Waals surface area (Å²) in [5.74, 6) is -2.74. The van der Waals surface area contributed by atoms with Gasteiger partial charge in [0, 0.05) is 0 Å². The Hall–Kier alpha value is -2.21. The van der Waals surface area contributed by atoms with Crippen molar-refractivity contribution in [3.63, 3.8) is 0 Å². The highest BCUT2D eigenvalue weighted by Gasteiger charge is 2.69. The summed E-state index contributed by atoms with van der Waals surface area (Å²) in [7, 11) is 0. The topological polar surface area (TPSA) is 78.9 Å². The summed E-state index contributed by atoms with van der Waals surface area (Å²) in [6.07, 6.45) is 0.954. The van der Waals surface area contributed by atoms with Crippen molar-refractivity contribution in [2.75, 3.05) is 6.61 Å². The van der Waals surface area contributed by atoms with Crippen molar-refractivity contribution in [3.8, 4) is 0 Å². The van der Waals surface area contributed by atoms with Crippen LogP contribution in [0.3, 0.4) is 0 Å². The third kappa shape index (κ3) is 1.80. The SMILES string of the molecule is O=C(OC[C@]12CC[C@@H](O1)C1C(=O)OC(=O)C12)c1ccccc1. The van der Waals surface area contributed by atoms with Crippen LogP contribution in [0.5, 0.6) is 0 Å². The van der Waals surface area contributed by atoms with Crippen LogP contribution in [-0.2, 0) is 23.8 Å². The summed E-state index contributed by atoms with van der Waals surface area (Å²) in [5, 5.41) is 0. The molecular weight excluding hydrogens is 288 g/mol. The molecule has 0 spiro atoms. The summed E-state index contributed by atoms with van der Waals surface area (Å²) < 4.78 is 15.9. The highest BCUT2D eigenvalue weighted by molar-refractivity contribution is 5.98. The molecular formula is C16H14O6. The summed E-state index contributed by atoms with van der Waals surface area (Å²) in [4.78, 5) is 35.7. The Morgan fingerprint density at radius 1 is 1.23 bits per heavy atom. The Labute approximate surface area is 126 Å². The molecule has 114 valence electrons. The van der Waals surface area contributed by atoms with Gasteiger partial charge in [-0.3, -0.25) is 9.59 Å². The minimum atomic E-state index is -0.914. The molecule has 3 aliphatic rings. The number of rotatable bonds is 3. The maximum Gasteiger partial charge on any atom is 0.338 e. The normalized spacial score (nSPS) is 35.4. The third-order valence-electron chi connectivity index (χ3n) is 4.75. The van der Waals surface area contributed by atoms with E-state index in [1.807, 2.05) is 6.07 Å². The molecule has 3 heterocycles. The van der Waals surface area contributed by atoms with Gasteiger partial charge < -0.3 is 14.2 Å². The van der Waals surface area contributed by atoms with Crippen molar-refractivity contribution in [1.82, 2.24) is 0 Å². The van der Waals surface area contributed by atoms with Crippen LogP contribution in [0.2, 0.25) is 0 Å². The first-order chi connectivity index (χ1) is 10.6. The predicted octanol–water partition coefficient (Wildman–Crippen LogP) is 1.09. The third-order valence-corrected chi connectivity index (χ3v) is 4.75. The second kappa shape index (κ2) is 4.64. The van der Waals surface area contributed by atoms with Gasteiger partial charge in [0.15, 0.2) is 0 Å². The molecule has 6 heteroatoms. The van der Waals surface area contributed by atoms with E-state index in [9.17, 15) is 14.4 Å². The van der Waals surface area contributed by atoms with Gasteiger partial charge in [0.05, 0.1) is 17.6 Å². The van der Waals surface area contributed by atoms with Crippen molar-refractivity contribution in [2.24, 2.45) is 11.8 Å². The highest BCUT2D eigenvalue weighted by Crippen LogP contribution is 2.54. The molecule has 3 saturated heterocycles. The largest absolute Gasteiger partial charge is 0.459 e. The summed E-state index contributed by atoms with van der Waals surface area (Å²) >= 11 is 0. The number of fused-ring (bicyclic) bond motifs is 5. The fourth-order valence-corrected chi connectivity index (χ4v) is 3.75. The molecule has 22 heavy (non-hydrogen) atoms. The van der Waals surface area contributed by atoms with Gasteiger partial charge in [-0.1, -0.05) is 18.2 Å². The standard InChI is InChI=1S/C16H14O6/c17-13(9-4-2-1-3-5-9)20-8-16-7-6-10(22-16)11-12(16)15(19)21-14(11)18/h1-5,10-12H,6-8H2/t10-,11?,12?,16+/m1/s1. The first-order valence-corrected chi connectivity index (χ1v) is 7.26. The molecule has 2 bridgehead atoms. The molecule has 0 amide bonds. The second-order valence-electron chi connectivity index (χ2n) is 5.95. The van der Waals surface area contributed by atoms with Crippen LogP contribution in [-0.4, -0.2) is 36.2 Å². The molecule has 4 atom stereocenters. The van der Waals surface area contributed by atoms with Crippen molar-refractivity contribution >= 4 is 17.9 Å². The molecule has 2 unspecified atom stereocenters. The van der Waals surface area contributed by atoms with Crippen molar-refractivity contribution in [1.29, 1.82) is 0 Å². The fraction of sp³-hybridized carbons (Fsp3) is 0.438. The summed E-state index contributed by atoms with van der Waals surface area (Å²) in [5.41, 5.74) is -0.476. The minimum absolute atomic E-state index is 0.0409. The molecule has 3 aliphatic heterocycles. The number of hydrogen-bond acceptors (Lipinski definition) is 6. The molecule has 3 fully saturated rings. The average Bonchev–Trinajstić information content (AvgIpc) is 3.18. The van der Waals surface area contributed by atoms with E-state index in [0.717, 1.165) is 0 Å². The lowest BCUT2D eigenvalue weighted by molar-refractivity contribution is -0.160. The van der Waals surface area contributed by atoms with E-state index in [1.54, 1.807) is 24.3 Å². The maximum absolute atomic E-state index is 12.1. The number of carbonyl (C=O) groups excluding carboxylic acids is 3. The first kappa shape index (κ1) is 13.5. The number of ether oxygens (including phenoxy) is 3. The van der Waals surface area contributed by atoms with Gasteiger partial charge in [-0.2, -0.15) is 0 Å². The van der Waals surface area contributed by atoms with E-state index in [-0.39, 0.29) is 12.7 Å². The molecule has 0 aliphatic carbocycles. The van der Waals surface area contributed by atoms with E-state index in [1.165, 1.54) is 0 Å². The van der Waals surface area contributed by atoms with E-state index in [2.05, 4.69) is 0 Å². The molecule has 0 radical (unpaired) electrons. The van der Waals surface area contributed by atoms with Crippen LogP contribution in [0, 0.1) is 11.8 Å². The molecule has 1 aromatic rings. The lowest BCUT2D eigenvalue weighted by Gasteiger charge is -2.28. The number of benzene rings is 1. The van der Waals surface area contributed by atoms with Crippen LogP contribution in [0.1, 0.15) is 23.2 Å². The Balaban J connectivity index is 1.52. The van der Waals surface area contributed by atoms with Gasteiger partial charge in [-0.15, -0.1) is 0 Å². The van der Waals surface area contributed by atoms with E-state index in [0.29, 0.717) is 18.4 Å². The van der Waals surface area contributed by atoms with Crippen LogP contribution in [0.4, 0.5) is 0 Å². The van der Waals surface area contributed by atoms with Crippen LogP contribution in [0.15, 0.2) is 30.3 Å². The van der Waals surface area contributed by atoms with Gasteiger partial charge in [0.2, 0.25) is 0 Å². The molecule has 0 N–H and O–H groups in total. The van der Waals surface area contributed by atoms with Crippen LogP contribution in [0.25, 0.3) is 0 Å². The minimum Gasteiger partial charge on any atom is -0.459 e. The van der Waals surface area contributed by atoms with Gasteiger partial charge in [-0.25, -0.2) is 4.79 Å². The molecule has 1 aromatic carbocycles. The van der Waals surface area contributed by atoms with Crippen molar-refractivity contribution in [3.05, 3.63) is 35.9 Å². The van der Waals surface area contributed by atoms with Gasteiger partial charge in [0.1, 0.15) is 18.1 Å². The molecule has 0 saturated carbocycles. The molecule has 0 aromatic heterocycles. The molecule has 6 nitrogen and oxygen atoms in total. The van der Waals surface area contributed by atoms with E-state index < -0.39 is 35.3 Å². The number of carbonyl (C=O) groups is 3. The highest BCUT2D eigenvalue weighted by atomic mass is 16.6. The number of cyclic esters (lactones) is 2. The average molecular weight is 302 g/mol. The van der Waals surface area contributed by atoms with Crippen LogP contribution < -0.4 is 0 Å². The van der Waals surface area contributed by atoms with Crippen molar-refractivity contribution in [2.45, 2.75) is 24.5 Å². The predicted molar refractivity (Wildman–Crippen MR) is 71.6 cm³/mol. The summed E-state index contributed by atoms with van der Waals surface area (Å²) in [6, 6.07) is 8.61. The molecule has 4 rings (SSSR count). The maximum atomic E-state index is 12.1. The van der Waals surface area contributed by atoms with Crippen LogP contribution >= 0.6 is 0 Å². The zero-order valence-corrected chi connectivity index (χ0v) is 11.7. The van der Waals surface area contributed by atoms with Crippen molar-refractivity contribution < 1.29 is 28.6 Å². The second-order valence-corrected chi connectivity index (χ2v) is 5.95. The Morgan fingerprint density at radius 2 is 2.00 bits per heavy atom. The summed E-state index contributed by atoms with van der Waals surface area (Å²) in [6.45, 7) is -0.0409. The first-order valence-electron chi connectivity index (χ1n) is 7.26. The number of hydrogen-bond donors (Lipinski definition) is 0. The fourth-order valence-electron chi connectivity index (χ4n) is 3.75. The zero-order valence-electron chi connectivity index (χ0n) is 11.7. The monoisotopic (exact) mass is 302 g/mol.